The first kappa shape index (κ1) is 7.94. The van der Waals surface area contributed by atoms with Gasteiger partial charge in [-0.1, -0.05) is 13.8 Å². The molecule has 0 spiro atoms. The second-order valence-corrected chi connectivity index (χ2v) is 3.46. The zero-order chi connectivity index (χ0) is 7.83. The minimum absolute atomic E-state index is 0.0300. The van der Waals surface area contributed by atoms with Crippen molar-refractivity contribution in [3.63, 3.8) is 0 Å². The molecule has 1 saturated heterocycles. The fourth-order valence-corrected chi connectivity index (χ4v) is 0.700. The highest BCUT2D eigenvalue weighted by Gasteiger charge is 2.34. The van der Waals surface area contributed by atoms with Gasteiger partial charge < -0.3 is 9.47 Å². The molecular weight excluding hydrogens is 132 g/mol. The van der Waals surface area contributed by atoms with Crippen molar-refractivity contribution in [2.45, 2.75) is 19.9 Å². The number of nitrogens with two attached hydrogens (primary N) is 2. The molecule has 0 unspecified atom stereocenters. The Labute approximate surface area is 60.5 Å². The Morgan fingerprint density at radius 1 is 1.10 bits per heavy atom. The quantitative estimate of drug-likeness (QED) is 0.456. The molecule has 0 amide bonds. The van der Waals surface area contributed by atoms with Gasteiger partial charge in [0.1, 0.15) is 0 Å². The molecule has 0 aromatic carbocycles. The number of hydrogen-bond donors (Lipinski definition) is 2. The van der Waals surface area contributed by atoms with Crippen LogP contribution in [0.2, 0.25) is 0 Å². The first-order valence-corrected chi connectivity index (χ1v) is 3.27. The average Bonchev–Trinajstić information content (AvgIpc) is 1.79. The zero-order valence-electron chi connectivity index (χ0n) is 6.39. The molecule has 0 saturated carbocycles. The molecule has 0 aliphatic carbocycles. The van der Waals surface area contributed by atoms with Gasteiger partial charge in [0.15, 0.2) is 0 Å². The molecule has 0 aromatic rings. The molecule has 1 fully saturated rings. The SMILES string of the molecule is CC1(C)COC(N)(N)OC1. The summed E-state index contributed by atoms with van der Waals surface area (Å²) >= 11 is 0. The minimum Gasteiger partial charge on any atom is -0.324 e. The lowest BCUT2D eigenvalue weighted by Crippen LogP contribution is -2.60. The van der Waals surface area contributed by atoms with Crippen molar-refractivity contribution in [1.82, 2.24) is 0 Å². The Morgan fingerprint density at radius 3 is 1.80 bits per heavy atom. The second-order valence-electron chi connectivity index (χ2n) is 3.46. The van der Waals surface area contributed by atoms with Gasteiger partial charge in [0, 0.05) is 5.41 Å². The Morgan fingerprint density at radius 2 is 1.50 bits per heavy atom. The van der Waals surface area contributed by atoms with E-state index in [-0.39, 0.29) is 5.41 Å². The predicted octanol–water partition coefficient (Wildman–Crippen LogP) is -0.412. The van der Waals surface area contributed by atoms with E-state index in [1.165, 1.54) is 0 Å². The smallest absolute Gasteiger partial charge is 0.286 e. The van der Waals surface area contributed by atoms with Gasteiger partial charge in [-0.25, -0.2) is 0 Å². The third kappa shape index (κ3) is 1.91. The van der Waals surface area contributed by atoms with E-state index in [2.05, 4.69) is 0 Å². The zero-order valence-corrected chi connectivity index (χ0v) is 6.39. The molecule has 60 valence electrons. The summed E-state index contributed by atoms with van der Waals surface area (Å²) in [7, 11) is 0. The summed E-state index contributed by atoms with van der Waals surface area (Å²) in [6.07, 6.45) is 0. The van der Waals surface area contributed by atoms with E-state index in [9.17, 15) is 0 Å². The van der Waals surface area contributed by atoms with Crippen molar-refractivity contribution in [3.8, 4) is 0 Å². The van der Waals surface area contributed by atoms with E-state index in [1.807, 2.05) is 13.8 Å². The van der Waals surface area contributed by atoms with E-state index in [4.69, 9.17) is 20.9 Å². The highest BCUT2D eigenvalue weighted by atomic mass is 16.7. The van der Waals surface area contributed by atoms with Gasteiger partial charge in [-0.2, -0.15) is 0 Å². The van der Waals surface area contributed by atoms with Crippen molar-refractivity contribution in [2.24, 2.45) is 16.9 Å². The Kier molecular flexibility index (Phi) is 1.72. The lowest BCUT2D eigenvalue weighted by Gasteiger charge is -2.38. The van der Waals surface area contributed by atoms with E-state index < -0.39 is 6.03 Å². The predicted molar refractivity (Wildman–Crippen MR) is 36.8 cm³/mol. The fraction of sp³-hybridized carbons (Fsp3) is 1.00. The maximum absolute atomic E-state index is 5.33. The standard InChI is InChI=1S/C6H14N2O2/c1-5(2)3-9-6(7,8)10-4-5/h3-4,7-8H2,1-2H3. The molecule has 1 aliphatic rings. The Bertz CT molecular complexity index is 106. The minimum atomic E-state index is -1.37. The normalized spacial score (nSPS) is 30.0. The lowest BCUT2D eigenvalue weighted by atomic mass is 9.96. The van der Waals surface area contributed by atoms with Gasteiger partial charge in [-0.15, -0.1) is 0 Å². The van der Waals surface area contributed by atoms with E-state index in [0.717, 1.165) is 0 Å². The molecule has 0 radical (unpaired) electrons. The van der Waals surface area contributed by atoms with Crippen molar-refractivity contribution in [2.75, 3.05) is 13.2 Å². The Balaban J connectivity index is 2.46. The van der Waals surface area contributed by atoms with Crippen molar-refractivity contribution in [3.05, 3.63) is 0 Å². The largest absolute Gasteiger partial charge is 0.324 e. The van der Waals surface area contributed by atoms with Crippen LogP contribution in [-0.4, -0.2) is 19.2 Å². The van der Waals surface area contributed by atoms with Crippen LogP contribution in [-0.2, 0) is 9.47 Å². The van der Waals surface area contributed by atoms with Crippen LogP contribution >= 0.6 is 0 Å². The van der Waals surface area contributed by atoms with Gasteiger partial charge in [0.2, 0.25) is 0 Å². The highest BCUT2D eigenvalue weighted by Crippen LogP contribution is 2.23. The molecule has 0 aromatic heterocycles. The van der Waals surface area contributed by atoms with Crippen LogP contribution in [0.3, 0.4) is 0 Å². The molecule has 0 bridgehead atoms. The topological polar surface area (TPSA) is 70.5 Å². The molecule has 4 nitrogen and oxygen atoms in total. The van der Waals surface area contributed by atoms with Crippen molar-refractivity contribution < 1.29 is 9.47 Å². The summed E-state index contributed by atoms with van der Waals surface area (Å²) in [4.78, 5) is 0. The van der Waals surface area contributed by atoms with E-state index in [1.54, 1.807) is 0 Å². The number of ether oxygens (including phenoxy) is 2. The Hall–Kier alpha value is -0.160. The van der Waals surface area contributed by atoms with Gasteiger partial charge >= 0.3 is 0 Å². The first-order valence-electron chi connectivity index (χ1n) is 3.27. The lowest BCUT2D eigenvalue weighted by molar-refractivity contribution is -0.293. The summed E-state index contributed by atoms with van der Waals surface area (Å²) in [5, 5.41) is 0. The summed E-state index contributed by atoms with van der Waals surface area (Å²) in [5.41, 5.74) is 10.7. The second kappa shape index (κ2) is 2.17. The van der Waals surface area contributed by atoms with Crippen LogP contribution in [0.15, 0.2) is 0 Å². The fourth-order valence-electron chi connectivity index (χ4n) is 0.700. The van der Waals surface area contributed by atoms with Crippen LogP contribution in [0.1, 0.15) is 13.8 Å². The number of rotatable bonds is 0. The highest BCUT2D eigenvalue weighted by molar-refractivity contribution is 4.72. The molecule has 4 N–H and O–H groups in total. The third-order valence-corrected chi connectivity index (χ3v) is 1.38. The monoisotopic (exact) mass is 146 g/mol. The van der Waals surface area contributed by atoms with Crippen molar-refractivity contribution >= 4 is 0 Å². The van der Waals surface area contributed by atoms with Gasteiger partial charge in [-0.05, 0) is 0 Å². The van der Waals surface area contributed by atoms with Gasteiger partial charge in [0.25, 0.3) is 6.03 Å². The molecule has 10 heavy (non-hydrogen) atoms. The van der Waals surface area contributed by atoms with Crippen LogP contribution in [0.4, 0.5) is 0 Å². The molecular formula is C6H14N2O2. The third-order valence-electron chi connectivity index (χ3n) is 1.38. The van der Waals surface area contributed by atoms with Gasteiger partial charge in [-0.3, -0.25) is 11.5 Å². The van der Waals surface area contributed by atoms with Crippen LogP contribution < -0.4 is 11.5 Å². The average molecular weight is 146 g/mol. The van der Waals surface area contributed by atoms with Gasteiger partial charge in [0.05, 0.1) is 13.2 Å². The summed E-state index contributed by atoms with van der Waals surface area (Å²) in [6.45, 7) is 5.14. The van der Waals surface area contributed by atoms with E-state index in [0.29, 0.717) is 13.2 Å². The van der Waals surface area contributed by atoms with Crippen LogP contribution in [0, 0.1) is 5.41 Å². The molecule has 1 heterocycles. The molecule has 0 atom stereocenters. The first-order chi connectivity index (χ1) is 4.41. The maximum Gasteiger partial charge on any atom is 0.286 e. The van der Waals surface area contributed by atoms with Crippen molar-refractivity contribution in [1.29, 1.82) is 0 Å². The maximum atomic E-state index is 5.33. The molecule has 1 rings (SSSR count). The van der Waals surface area contributed by atoms with Crippen LogP contribution in [0.25, 0.3) is 0 Å². The summed E-state index contributed by atoms with van der Waals surface area (Å²) in [6, 6.07) is -1.37. The molecule has 4 heteroatoms. The van der Waals surface area contributed by atoms with Crippen LogP contribution in [0.5, 0.6) is 0 Å². The molecule has 1 aliphatic heterocycles. The summed E-state index contributed by atoms with van der Waals surface area (Å²) < 4.78 is 10.0. The number of hydrogen-bond acceptors (Lipinski definition) is 4. The summed E-state index contributed by atoms with van der Waals surface area (Å²) in [5.74, 6) is 0. The van der Waals surface area contributed by atoms with E-state index >= 15 is 0 Å².